The molecule has 1 aliphatic carbocycles. The lowest BCUT2D eigenvalue weighted by molar-refractivity contribution is -0.163. The highest BCUT2D eigenvalue weighted by Gasteiger charge is 2.53. The van der Waals surface area contributed by atoms with Gasteiger partial charge < -0.3 is 24.4 Å². The minimum Gasteiger partial charge on any atom is -0.465 e. The van der Waals surface area contributed by atoms with Crippen molar-refractivity contribution in [1.82, 2.24) is 0 Å². The fraction of sp³-hybridized carbons (Fsp3) is 0.875. The van der Waals surface area contributed by atoms with Gasteiger partial charge in [0.1, 0.15) is 0 Å². The molecule has 1 aliphatic heterocycles. The number of esters is 2. The third kappa shape index (κ3) is 5.44. The molecule has 7 nitrogen and oxygen atoms in total. The Morgan fingerprint density at radius 3 is 1.70 bits per heavy atom. The van der Waals surface area contributed by atoms with Gasteiger partial charge >= 0.3 is 11.9 Å². The standard InChI is InChI=1S/C16H26O7/c1-9(17)3-5-21-15(19)11-7-13-14(23-13)8-12(11)16(20)22-6-4-10(2)18/h9-14,17-18H,3-8H2,1-2H3. The van der Waals surface area contributed by atoms with Crippen molar-refractivity contribution in [3.8, 4) is 0 Å². The number of carbonyl (C=O) groups is 2. The molecule has 23 heavy (non-hydrogen) atoms. The van der Waals surface area contributed by atoms with Crippen LogP contribution in [0.1, 0.15) is 39.5 Å². The monoisotopic (exact) mass is 330 g/mol. The van der Waals surface area contributed by atoms with E-state index in [4.69, 9.17) is 14.2 Å². The van der Waals surface area contributed by atoms with Crippen molar-refractivity contribution in [2.24, 2.45) is 11.8 Å². The van der Waals surface area contributed by atoms with Crippen molar-refractivity contribution in [2.45, 2.75) is 63.9 Å². The Labute approximate surface area is 135 Å². The summed E-state index contributed by atoms with van der Waals surface area (Å²) in [6.07, 6.45) is 0.660. The molecular weight excluding hydrogens is 304 g/mol. The minimum absolute atomic E-state index is 0.0332. The van der Waals surface area contributed by atoms with E-state index in [9.17, 15) is 19.8 Å². The summed E-state index contributed by atoms with van der Waals surface area (Å²) in [7, 11) is 0. The predicted octanol–water partition coefficient (Wildman–Crippen LogP) is 0.408. The number of rotatable bonds is 8. The first-order valence-electron chi connectivity index (χ1n) is 8.23. The fourth-order valence-electron chi connectivity index (χ4n) is 2.82. The van der Waals surface area contributed by atoms with Crippen LogP contribution in [-0.4, -0.2) is 59.8 Å². The van der Waals surface area contributed by atoms with Gasteiger partial charge in [0.15, 0.2) is 0 Å². The summed E-state index contributed by atoms with van der Waals surface area (Å²) in [5.41, 5.74) is 0. The highest BCUT2D eigenvalue weighted by molar-refractivity contribution is 5.82. The maximum absolute atomic E-state index is 12.2. The smallest absolute Gasteiger partial charge is 0.309 e. The zero-order valence-corrected chi connectivity index (χ0v) is 13.6. The van der Waals surface area contributed by atoms with Crippen LogP contribution in [0.25, 0.3) is 0 Å². The lowest BCUT2D eigenvalue weighted by Crippen LogP contribution is -2.38. The molecule has 0 aromatic heterocycles. The van der Waals surface area contributed by atoms with Crippen molar-refractivity contribution in [2.75, 3.05) is 13.2 Å². The van der Waals surface area contributed by atoms with Crippen molar-refractivity contribution < 1.29 is 34.0 Å². The number of aliphatic hydroxyl groups excluding tert-OH is 2. The molecule has 132 valence electrons. The molecule has 0 bridgehead atoms. The molecule has 2 fully saturated rings. The molecule has 7 heteroatoms. The van der Waals surface area contributed by atoms with Crippen molar-refractivity contribution in [3.63, 3.8) is 0 Å². The Morgan fingerprint density at radius 1 is 0.957 bits per heavy atom. The van der Waals surface area contributed by atoms with Crippen LogP contribution in [0.5, 0.6) is 0 Å². The summed E-state index contributed by atoms with van der Waals surface area (Å²) >= 11 is 0. The van der Waals surface area contributed by atoms with Gasteiger partial charge in [0, 0.05) is 12.8 Å². The number of hydrogen-bond acceptors (Lipinski definition) is 7. The average molecular weight is 330 g/mol. The van der Waals surface area contributed by atoms with Gasteiger partial charge in [-0.05, 0) is 26.7 Å². The SMILES string of the molecule is CC(O)CCOC(=O)C1CC2OC2CC1C(=O)OCCC(C)O. The van der Waals surface area contributed by atoms with Crippen LogP contribution < -0.4 is 0 Å². The largest absolute Gasteiger partial charge is 0.465 e. The molecule has 1 saturated heterocycles. The lowest BCUT2D eigenvalue weighted by Gasteiger charge is -2.26. The average Bonchev–Trinajstić information content (AvgIpc) is 3.23. The number of carbonyl (C=O) groups excluding carboxylic acids is 2. The van der Waals surface area contributed by atoms with E-state index in [0.717, 1.165) is 0 Å². The Bertz CT molecular complexity index is 383. The van der Waals surface area contributed by atoms with Crippen LogP contribution in [-0.2, 0) is 23.8 Å². The normalized spacial score (nSPS) is 31.7. The van der Waals surface area contributed by atoms with E-state index in [2.05, 4.69) is 0 Å². The fourth-order valence-corrected chi connectivity index (χ4v) is 2.82. The van der Waals surface area contributed by atoms with Crippen LogP contribution in [0.3, 0.4) is 0 Å². The zero-order chi connectivity index (χ0) is 17.0. The number of epoxide rings is 1. The third-order valence-electron chi connectivity index (χ3n) is 4.31. The third-order valence-corrected chi connectivity index (χ3v) is 4.31. The highest BCUT2D eigenvalue weighted by atomic mass is 16.6. The topological polar surface area (TPSA) is 106 Å². The predicted molar refractivity (Wildman–Crippen MR) is 79.4 cm³/mol. The Hall–Kier alpha value is -1.18. The van der Waals surface area contributed by atoms with Crippen molar-refractivity contribution in [1.29, 1.82) is 0 Å². The first-order valence-corrected chi connectivity index (χ1v) is 8.23. The number of fused-ring (bicyclic) bond motifs is 1. The number of hydrogen-bond donors (Lipinski definition) is 2. The second kappa shape index (κ2) is 8.08. The second-order valence-corrected chi connectivity index (χ2v) is 6.51. The molecule has 1 heterocycles. The van der Waals surface area contributed by atoms with E-state index >= 15 is 0 Å². The Balaban J connectivity index is 1.86. The molecule has 1 saturated carbocycles. The quantitative estimate of drug-likeness (QED) is 0.490. The highest BCUT2D eigenvalue weighted by Crippen LogP contribution is 2.43. The summed E-state index contributed by atoms with van der Waals surface area (Å²) in [4.78, 5) is 24.5. The molecule has 0 spiro atoms. The van der Waals surface area contributed by atoms with Gasteiger partial charge in [0.2, 0.25) is 0 Å². The van der Waals surface area contributed by atoms with Gasteiger partial charge in [-0.15, -0.1) is 0 Å². The molecule has 6 atom stereocenters. The summed E-state index contributed by atoms with van der Waals surface area (Å²) in [5.74, 6) is -1.99. The molecule has 2 aliphatic rings. The maximum Gasteiger partial charge on any atom is 0.309 e. The molecule has 6 unspecified atom stereocenters. The summed E-state index contributed by atoms with van der Waals surface area (Å²) < 4.78 is 15.8. The molecule has 2 rings (SSSR count). The minimum atomic E-state index is -0.563. The maximum atomic E-state index is 12.2. The first kappa shape index (κ1) is 18.2. The summed E-state index contributed by atoms with van der Waals surface area (Å²) in [6, 6.07) is 0. The zero-order valence-electron chi connectivity index (χ0n) is 13.6. The Morgan fingerprint density at radius 2 is 1.35 bits per heavy atom. The van der Waals surface area contributed by atoms with E-state index in [0.29, 0.717) is 25.7 Å². The summed E-state index contributed by atoms with van der Waals surface area (Å²) in [6.45, 7) is 3.51. The van der Waals surface area contributed by atoms with E-state index < -0.39 is 36.0 Å². The van der Waals surface area contributed by atoms with Crippen molar-refractivity contribution in [3.05, 3.63) is 0 Å². The van der Waals surface area contributed by atoms with Crippen LogP contribution in [0.2, 0.25) is 0 Å². The number of aliphatic hydroxyl groups is 2. The van der Waals surface area contributed by atoms with Gasteiger partial charge in [0.25, 0.3) is 0 Å². The van der Waals surface area contributed by atoms with Crippen LogP contribution in [0.4, 0.5) is 0 Å². The molecule has 0 aromatic rings. The van der Waals surface area contributed by atoms with Gasteiger partial charge in [-0.2, -0.15) is 0 Å². The van der Waals surface area contributed by atoms with E-state index in [1.807, 2.05) is 0 Å². The van der Waals surface area contributed by atoms with E-state index in [1.165, 1.54) is 0 Å². The van der Waals surface area contributed by atoms with Crippen LogP contribution >= 0.6 is 0 Å². The van der Waals surface area contributed by atoms with E-state index in [-0.39, 0.29) is 25.4 Å². The molecular formula is C16H26O7. The van der Waals surface area contributed by atoms with Gasteiger partial charge in [0.05, 0.1) is 49.5 Å². The number of ether oxygens (including phenoxy) is 3. The first-order chi connectivity index (χ1) is 10.9. The van der Waals surface area contributed by atoms with Crippen molar-refractivity contribution >= 4 is 11.9 Å². The van der Waals surface area contributed by atoms with Gasteiger partial charge in [-0.1, -0.05) is 0 Å². The second-order valence-electron chi connectivity index (χ2n) is 6.51. The van der Waals surface area contributed by atoms with Crippen LogP contribution in [0, 0.1) is 11.8 Å². The van der Waals surface area contributed by atoms with Crippen LogP contribution in [0.15, 0.2) is 0 Å². The molecule has 2 N–H and O–H groups in total. The molecule has 0 aromatic carbocycles. The van der Waals surface area contributed by atoms with Gasteiger partial charge in [-0.25, -0.2) is 0 Å². The lowest BCUT2D eigenvalue weighted by atomic mass is 9.79. The summed E-state index contributed by atoms with van der Waals surface area (Å²) in [5, 5.41) is 18.4. The Kier molecular flexibility index (Phi) is 6.38. The molecule has 0 amide bonds. The van der Waals surface area contributed by atoms with E-state index in [1.54, 1.807) is 13.8 Å². The molecule has 0 radical (unpaired) electrons. The van der Waals surface area contributed by atoms with Gasteiger partial charge in [-0.3, -0.25) is 9.59 Å².